The predicted molar refractivity (Wildman–Crippen MR) is 104 cm³/mol. The molecule has 0 aliphatic carbocycles. The Labute approximate surface area is 158 Å². The molecule has 25 heavy (non-hydrogen) atoms. The molecule has 3 nitrogen and oxygen atoms in total. The molecule has 0 unspecified atom stereocenters. The number of hydrogen-bond donors (Lipinski definition) is 0. The third-order valence-corrected chi connectivity index (χ3v) is 5.63. The van der Waals surface area contributed by atoms with Gasteiger partial charge in [0.1, 0.15) is 5.75 Å². The van der Waals surface area contributed by atoms with Crippen molar-refractivity contribution >= 4 is 21.8 Å². The zero-order valence-electron chi connectivity index (χ0n) is 15.0. The van der Waals surface area contributed by atoms with Crippen LogP contribution in [-0.4, -0.2) is 24.5 Å². The first-order chi connectivity index (χ1) is 12.0. The average molecular weight is 402 g/mol. The van der Waals surface area contributed by atoms with E-state index < -0.39 is 0 Å². The van der Waals surface area contributed by atoms with Crippen molar-refractivity contribution < 1.29 is 9.53 Å². The quantitative estimate of drug-likeness (QED) is 0.742. The van der Waals surface area contributed by atoms with E-state index in [-0.39, 0.29) is 5.91 Å². The topological polar surface area (TPSA) is 29.5 Å². The Morgan fingerprint density at radius 2 is 1.88 bits per heavy atom. The molecular formula is C21H24BrNO2. The first kappa shape index (κ1) is 18.0. The van der Waals surface area contributed by atoms with Crippen molar-refractivity contribution in [2.24, 2.45) is 0 Å². The average Bonchev–Trinajstić information content (AvgIpc) is 2.62. The fourth-order valence-electron chi connectivity index (χ4n) is 3.32. The summed E-state index contributed by atoms with van der Waals surface area (Å²) in [5, 5.41) is 0. The van der Waals surface area contributed by atoms with E-state index in [2.05, 4.69) is 54.0 Å². The van der Waals surface area contributed by atoms with Crippen molar-refractivity contribution in [2.45, 2.75) is 39.2 Å². The predicted octanol–water partition coefficient (Wildman–Crippen LogP) is 4.71. The van der Waals surface area contributed by atoms with Crippen LogP contribution >= 0.6 is 15.9 Å². The molecule has 0 saturated carbocycles. The van der Waals surface area contributed by atoms with Gasteiger partial charge >= 0.3 is 0 Å². The number of rotatable bonds is 4. The molecule has 2 aromatic carbocycles. The van der Waals surface area contributed by atoms with Crippen LogP contribution in [-0.2, 0) is 24.2 Å². The smallest absolute Gasteiger partial charge is 0.227 e. The molecule has 3 rings (SSSR count). The second kappa shape index (κ2) is 7.61. The summed E-state index contributed by atoms with van der Waals surface area (Å²) < 4.78 is 6.51. The second-order valence-electron chi connectivity index (χ2n) is 6.85. The van der Waals surface area contributed by atoms with Gasteiger partial charge in [-0.1, -0.05) is 54.0 Å². The highest BCUT2D eigenvalue weighted by molar-refractivity contribution is 9.10. The normalized spacial score (nSPS) is 13.7. The minimum absolute atomic E-state index is 0.178. The fourth-order valence-corrected chi connectivity index (χ4v) is 3.81. The molecule has 0 bridgehead atoms. The lowest BCUT2D eigenvalue weighted by Gasteiger charge is -2.30. The molecule has 0 N–H and O–H groups in total. The Morgan fingerprint density at radius 3 is 2.52 bits per heavy atom. The Morgan fingerprint density at radius 1 is 1.16 bits per heavy atom. The Balaban J connectivity index is 1.72. The molecule has 0 aromatic heterocycles. The molecule has 0 saturated heterocycles. The Bertz CT molecular complexity index is 768. The number of ether oxygens (including phenoxy) is 1. The van der Waals surface area contributed by atoms with Crippen molar-refractivity contribution in [3.63, 3.8) is 0 Å². The number of amides is 1. The van der Waals surface area contributed by atoms with Gasteiger partial charge < -0.3 is 9.64 Å². The van der Waals surface area contributed by atoms with Crippen LogP contribution in [0.3, 0.4) is 0 Å². The summed E-state index contributed by atoms with van der Waals surface area (Å²) >= 11 is 3.62. The summed E-state index contributed by atoms with van der Waals surface area (Å²) in [5.74, 6) is 1.60. The van der Waals surface area contributed by atoms with E-state index >= 15 is 0 Å². The molecule has 1 aliphatic heterocycles. The summed E-state index contributed by atoms with van der Waals surface area (Å²) in [6.07, 6.45) is 1.28. The van der Waals surface area contributed by atoms with Crippen LogP contribution < -0.4 is 4.74 Å². The summed E-state index contributed by atoms with van der Waals surface area (Å²) in [5.41, 5.74) is 4.75. The lowest BCUT2D eigenvalue weighted by atomic mass is 9.97. The van der Waals surface area contributed by atoms with E-state index in [9.17, 15) is 4.79 Å². The van der Waals surface area contributed by atoms with Gasteiger partial charge in [-0.3, -0.25) is 4.79 Å². The molecule has 1 amide bonds. The SMILES string of the molecule is COc1ccc(Br)c2c1CCN(C(=O)Cc1ccc(C(C)C)cc1)C2. The van der Waals surface area contributed by atoms with E-state index in [1.807, 2.05) is 17.0 Å². The number of benzene rings is 2. The maximum atomic E-state index is 12.7. The number of carbonyl (C=O) groups is 1. The van der Waals surface area contributed by atoms with E-state index in [1.54, 1.807) is 7.11 Å². The van der Waals surface area contributed by atoms with E-state index in [1.165, 1.54) is 11.1 Å². The number of nitrogens with zero attached hydrogens (tertiary/aromatic N) is 1. The molecule has 0 atom stereocenters. The van der Waals surface area contributed by atoms with Gasteiger partial charge in [-0.25, -0.2) is 0 Å². The van der Waals surface area contributed by atoms with Crippen LogP contribution in [0.2, 0.25) is 0 Å². The summed E-state index contributed by atoms with van der Waals surface area (Å²) in [4.78, 5) is 14.7. The van der Waals surface area contributed by atoms with E-state index in [4.69, 9.17) is 4.74 Å². The van der Waals surface area contributed by atoms with Gasteiger partial charge in [0.25, 0.3) is 0 Å². The third kappa shape index (κ3) is 3.90. The first-order valence-corrected chi connectivity index (χ1v) is 9.49. The summed E-state index contributed by atoms with van der Waals surface area (Å²) in [6, 6.07) is 12.4. The Kier molecular flexibility index (Phi) is 5.48. The fraction of sp³-hybridized carbons (Fsp3) is 0.381. The number of methoxy groups -OCH3 is 1. The van der Waals surface area contributed by atoms with Crippen LogP contribution in [0.15, 0.2) is 40.9 Å². The summed E-state index contributed by atoms with van der Waals surface area (Å²) in [6.45, 7) is 5.73. The highest BCUT2D eigenvalue weighted by atomic mass is 79.9. The standard InChI is InChI=1S/C21H24BrNO2/c1-14(2)16-6-4-15(5-7-16)12-21(24)23-11-10-17-18(13-23)19(22)8-9-20(17)25-3/h4-9,14H,10-13H2,1-3H3. The van der Waals surface area contributed by atoms with Gasteiger partial charge in [0, 0.05) is 23.1 Å². The zero-order valence-corrected chi connectivity index (χ0v) is 16.6. The number of hydrogen-bond acceptors (Lipinski definition) is 2. The van der Waals surface area contributed by atoms with Crippen molar-refractivity contribution in [3.8, 4) is 5.75 Å². The molecule has 0 fully saturated rings. The molecule has 1 aliphatic rings. The van der Waals surface area contributed by atoms with Gasteiger partial charge in [-0.2, -0.15) is 0 Å². The van der Waals surface area contributed by atoms with Crippen molar-refractivity contribution in [3.05, 3.63) is 63.1 Å². The number of fused-ring (bicyclic) bond motifs is 1. The van der Waals surface area contributed by atoms with Gasteiger partial charge in [0.05, 0.1) is 13.5 Å². The maximum absolute atomic E-state index is 12.7. The number of halogens is 1. The van der Waals surface area contributed by atoms with Crippen LogP contribution in [0.25, 0.3) is 0 Å². The molecule has 132 valence electrons. The molecule has 4 heteroatoms. The largest absolute Gasteiger partial charge is 0.496 e. The molecular weight excluding hydrogens is 378 g/mol. The van der Waals surface area contributed by atoms with E-state index in [0.717, 1.165) is 34.3 Å². The highest BCUT2D eigenvalue weighted by Crippen LogP contribution is 2.33. The van der Waals surface area contributed by atoms with Gasteiger partial charge in [0.2, 0.25) is 5.91 Å². The lowest BCUT2D eigenvalue weighted by molar-refractivity contribution is -0.131. The van der Waals surface area contributed by atoms with Crippen LogP contribution in [0.5, 0.6) is 5.75 Å². The van der Waals surface area contributed by atoms with Gasteiger partial charge in [-0.15, -0.1) is 0 Å². The second-order valence-corrected chi connectivity index (χ2v) is 7.70. The van der Waals surface area contributed by atoms with Crippen molar-refractivity contribution in [1.82, 2.24) is 4.90 Å². The zero-order chi connectivity index (χ0) is 18.0. The van der Waals surface area contributed by atoms with E-state index in [0.29, 0.717) is 18.9 Å². The molecule has 0 spiro atoms. The minimum atomic E-state index is 0.178. The lowest BCUT2D eigenvalue weighted by Crippen LogP contribution is -2.37. The molecule has 2 aromatic rings. The molecule has 1 heterocycles. The monoisotopic (exact) mass is 401 g/mol. The minimum Gasteiger partial charge on any atom is -0.496 e. The Hall–Kier alpha value is -1.81. The van der Waals surface area contributed by atoms with Crippen LogP contribution in [0, 0.1) is 0 Å². The first-order valence-electron chi connectivity index (χ1n) is 8.70. The van der Waals surface area contributed by atoms with Gasteiger partial charge in [-0.05, 0) is 41.2 Å². The maximum Gasteiger partial charge on any atom is 0.227 e. The number of carbonyl (C=O) groups excluding carboxylic acids is 1. The van der Waals surface area contributed by atoms with Crippen LogP contribution in [0.4, 0.5) is 0 Å². The van der Waals surface area contributed by atoms with Crippen molar-refractivity contribution in [1.29, 1.82) is 0 Å². The third-order valence-electron chi connectivity index (χ3n) is 4.89. The van der Waals surface area contributed by atoms with Crippen molar-refractivity contribution in [2.75, 3.05) is 13.7 Å². The van der Waals surface area contributed by atoms with Gasteiger partial charge in [0.15, 0.2) is 0 Å². The summed E-state index contributed by atoms with van der Waals surface area (Å²) in [7, 11) is 1.70. The van der Waals surface area contributed by atoms with Crippen LogP contribution in [0.1, 0.15) is 42.0 Å². The highest BCUT2D eigenvalue weighted by Gasteiger charge is 2.24. The molecule has 0 radical (unpaired) electrons.